The zero-order valence-electron chi connectivity index (χ0n) is 6.83. The molecule has 0 saturated carbocycles. The van der Waals surface area contributed by atoms with Gasteiger partial charge >= 0.3 is 6.09 Å². The number of hydrogen-bond donors (Lipinski definition) is 1. The molecule has 12 heavy (non-hydrogen) atoms. The van der Waals surface area contributed by atoms with Crippen molar-refractivity contribution in [1.29, 1.82) is 0 Å². The van der Waals surface area contributed by atoms with Gasteiger partial charge in [0.2, 0.25) is 0 Å². The molecule has 0 radical (unpaired) electrons. The molecule has 0 aromatic heterocycles. The first kappa shape index (κ1) is 9.05. The third-order valence-electron chi connectivity index (χ3n) is 1.23. The van der Waals surface area contributed by atoms with Crippen LogP contribution < -0.4 is 5.32 Å². The average molecular weight is 187 g/mol. The summed E-state index contributed by atoms with van der Waals surface area (Å²) in [5.41, 5.74) is 0.809. The summed E-state index contributed by atoms with van der Waals surface area (Å²) in [6, 6.07) is 0. The van der Waals surface area contributed by atoms with Crippen LogP contribution in [0.1, 0.15) is 6.92 Å². The second-order valence-corrected chi connectivity index (χ2v) is 2.98. The number of carbonyl (C=O) groups is 1. The van der Waals surface area contributed by atoms with Crippen LogP contribution in [0.25, 0.3) is 0 Å². The summed E-state index contributed by atoms with van der Waals surface area (Å²) < 4.78 is 0. The zero-order chi connectivity index (χ0) is 8.97. The minimum atomic E-state index is -0.567. The predicted octanol–water partition coefficient (Wildman–Crippen LogP) is 0.821. The number of aliphatic imine (C=N–C) groups is 1. The first-order chi connectivity index (χ1) is 5.74. The van der Waals surface area contributed by atoms with Gasteiger partial charge in [-0.1, -0.05) is 16.9 Å². The van der Waals surface area contributed by atoms with Gasteiger partial charge in [0.15, 0.2) is 5.04 Å². The monoisotopic (exact) mass is 187 g/mol. The molecule has 0 bridgehead atoms. The Bertz CT molecular complexity index is 249. The molecular formula is C6H9N3O2S. The molecule has 0 aromatic rings. The third-order valence-corrected chi connectivity index (χ3v) is 2.13. The van der Waals surface area contributed by atoms with E-state index in [0.717, 1.165) is 5.71 Å². The van der Waals surface area contributed by atoms with Crippen LogP contribution in [0.3, 0.4) is 0 Å². The third kappa shape index (κ3) is 2.23. The molecule has 1 amide bonds. The molecule has 0 saturated heterocycles. The van der Waals surface area contributed by atoms with Crippen LogP contribution in [0.15, 0.2) is 10.1 Å². The lowest BCUT2D eigenvalue weighted by Crippen LogP contribution is -2.17. The Kier molecular flexibility index (Phi) is 3.09. The number of amides is 1. The van der Waals surface area contributed by atoms with Gasteiger partial charge in [0.05, 0.1) is 11.6 Å². The Hall–Kier alpha value is -1.04. The fourth-order valence-corrected chi connectivity index (χ4v) is 1.33. The van der Waals surface area contributed by atoms with Gasteiger partial charge in [-0.2, -0.15) is 0 Å². The van der Waals surface area contributed by atoms with E-state index in [9.17, 15) is 4.79 Å². The van der Waals surface area contributed by atoms with Crippen LogP contribution in [0, 0.1) is 0 Å². The Labute approximate surface area is 74.3 Å². The van der Waals surface area contributed by atoms with E-state index in [1.165, 1.54) is 18.8 Å². The molecule has 66 valence electrons. The maximum Gasteiger partial charge on any atom is 0.433 e. The lowest BCUT2D eigenvalue weighted by molar-refractivity contribution is 0.154. The van der Waals surface area contributed by atoms with Crippen molar-refractivity contribution in [2.45, 2.75) is 6.92 Å². The van der Waals surface area contributed by atoms with E-state index in [1.54, 1.807) is 0 Å². The first-order valence-corrected chi connectivity index (χ1v) is 4.33. The van der Waals surface area contributed by atoms with Crippen LogP contribution in [0.5, 0.6) is 0 Å². The van der Waals surface area contributed by atoms with Gasteiger partial charge in [0, 0.05) is 7.05 Å². The van der Waals surface area contributed by atoms with E-state index in [1.807, 2.05) is 6.92 Å². The smallest absolute Gasteiger partial charge is 0.323 e. The minimum absolute atomic E-state index is 0.567. The van der Waals surface area contributed by atoms with Gasteiger partial charge in [-0.3, -0.25) is 9.83 Å². The summed E-state index contributed by atoms with van der Waals surface area (Å²) >= 11 is 1.44. The standard InChI is InChI=1S/C6H9N3O2S/c1-4-5(12-3-8-4)9-11-6(10)7-2/h3H2,1-2H3,(H,7,10)/b9-5-. The van der Waals surface area contributed by atoms with Crippen LogP contribution in [0.4, 0.5) is 4.79 Å². The van der Waals surface area contributed by atoms with E-state index < -0.39 is 6.09 Å². The highest BCUT2D eigenvalue weighted by molar-refractivity contribution is 8.16. The van der Waals surface area contributed by atoms with Gasteiger partial charge < -0.3 is 5.32 Å². The van der Waals surface area contributed by atoms with Crippen molar-refractivity contribution < 1.29 is 9.63 Å². The fraction of sp³-hybridized carbons (Fsp3) is 0.500. The largest absolute Gasteiger partial charge is 0.433 e. The Morgan fingerprint density at radius 2 is 2.58 bits per heavy atom. The second kappa shape index (κ2) is 4.10. The van der Waals surface area contributed by atoms with Gasteiger partial charge in [-0.25, -0.2) is 4.79 Å². The minimum Gasteiger partial charge on any atom is -0.323 e. The number of rotatable bonds is 1. The number of nitrogens with one attached hydrogen (secondary N) is 1. The highest BCUT2D eigenvalue weighted by atomic mass is 32.2. The molecule has 0 aromatic carbocycles. The van der Waals surface area contributed by atoms with E-state index in [-0.39, 0.29) is 0 Å². The van der Waals surface area contributed by atoms with Crippen molar-refractivity contribution in [3.8, 4) is 0 Å². The topological polar surface area (TPSA) is 63.0 Å². The Morgan fingerprint density at radius 3 is 3.08 bits per heavy atom. The SMILES string of the molecule is CNC(=O)O/N=C1\SCN=C1C. The first-order valence-electron chi connectivity index (χ1n) is 3.35. The van der Waals surface area contributed by atoms with Crippen molar-refractivity contribution in [2.24, 2.45) is 10.1 Å². The molecule has 1 heterocycles. The van der Waals surface area contributed by atoms with Crippen molar-refractivity contribution in [2.75, 3.05) is 12.9 Å². The quantitative estimate of drug-likeness (QED) is 0.488. The highest BCUT2D eigenvalue weighted by Crippen LogP contribution is 2.14. The Morgan fingerprint density at radius 1 is 1.83 bits per heavy atom. The number of oxime groups is 1. The number of carbonyl (C=O) groups excluding carboxylic acids is 1. The van der Waals surface area contributed by atoms with Gasteiger partial charge in [-0.05, 0) is 6.92 Å². The molecule has 6 heteroatoms. The molecule has 1 rings (SSSR count). The molecule has 1 N–H and O–H groups in total. The van der Waals surface area contributed by atoms with Gasteiger partial charge in [0.1, 0.15) is 0 Å². The zero-order valence-corrected chi connectivity index (χ0v) is 7.64. The second-order valence-electron chi connectivity index (χ2n) is 2.04. The maximum atomic E-state index is 10.6. The molecule has 0 unspecified atom stereocenters. The molecule has 0 fully saturated rings. The highest BCUT2D eigenvalue weighted by Gasteiger charge is 2.12. The summed E-state index contributed by atoms with van der Waals surface area (Å²) in [5.74, 6) is 0.655. The number of hydrogen-bond acceptors (Lipinski definition) is 5. The molecule has 1 aliphatic heterocycles. The summed E-state index contributed by atoms with van der Waals surface area (Å²) in [7, 11) is 1.48. The molecule has 5 nitrogen and oxygen atoms in total. The average Bonchev–Trinajstić information content (AvgIpc) is 2.47. The molecular weight excluding hydrogens is 178 g/mol. The van der Waals surface area contributed by atoms with Crippen LogP contribution in [-0.2, 0) is 4.84 Å². The van der Waals surface area contributed by atoms with Crippen LogP contribution in [0.2, 0.25) is 0 Å². The van der Waals surface area contributed by atoms with Crippen LogP contribution >= 0.6 is 11.8 Å². The van der Waals surface area contributed by atoms with Crippen molar-refractivity contribution >= 4 is 28.6 Å². The maximum absolute atomic E-state index is 10.6. The van der Waals surface area contributed by atoms with Gasteiger partial charge in [-0.15, -0.1) is 0 Å². The fourth-order valence-electron chi connectivity index (χ4n) is 0.583. The van der Waals surface area contributed by atoms with Crippen LogP contribution in [-0.4, -0.2) is 29.8 Å². The molecule has 0 spiro atoms. The summed E-state index contributed by atoms with van der Waals surface area (Å²) in [5, 5.41) is 6.56. The summed E-state index contributed by atoms with van der Waals surface area (Å²) in [6.45, 7) is 1.83. The normalized spacial score (nSPS) is 19.2. The number of thioether (sulfide) groups is 1. The van der Waals surface area contributed by atoms with E-state index in [4.69, 9.17) is 0 Å². The summed E-state index contributed by atoms with van der Waals surface area (Å²) in [6.07, 6.45) is -0.567. The number of nitrogens with zero attached hydrogens (tertiary/aromatic N) is 2. The van der Waals surface area contributed by atoms with Crippen molar-refractivity contribution in [1.82, 2.24) is 5.32 Å². The van der Waals surface area contributed by atoms with E-state index in [0.29, 0.717) is 10.9 Å². The predicted molar refractivity (Wildman–Crippen MR) is 48.5 cm³/mol. The molecule has 1 aliphatic rings. The van der Waals surface area contributed by atoms with E-state index >= 15 is 0 Å². The summed E-state index contributed by atoms with van der Waals surface area (Å²) in [4.78, 5) is 19.1. The van der Waals surface area contributed by atoms with E-state index in [2.05, 4.69) is 20.3 Å². The molecule has 0 aliphatic carbocycles. The van der Waals surface area contributed by atoms with Crippen molar-refractivity contribution in [3.63, 3.8) is 0 Å². The molecule has 0 atom stereocenters. The Balaban J connectivity index is 2.47. The lowest BCUT2D eigenvalue weighted by Gasteiger charge is -1.96. The van der Waals surface area contributed by atoms with Crippen molar-refractivity contribution in [3.05, 3.63) is 0 Å². The lowest BCUT2D eigenvalue weighted by atomic mass is 10.5. The van der Waals surface area contributed by atoms with Gasteiger partial charge in [0.25, 0.3) is 0 Å².